The second-order valence-corrected chi connectivity index (χ2v) is 29.9. The Balaban J connectivity index is 4.85. The molecule has 0 aromatic rings. The lowest BCUT2D eigenvalue weighted by atomic mass is 10.5. The number of hydrogen-bond acceptors (Lipinski definition) is 17. The summed E-state index contributed by atoms with van der Waals surface area (Å²) in [4.78, 5) is 0. The van der Waals surface area contributed by atoms with Gasteiger partial charge in [0.1, 0.15) is 0 Å². The first-order valence-corrected chi connectivity index (χ1v) is 32.7. The molecule has 0 fully saturated rings. The zero-order valence-electron chi connectivity index (χ0n) is 30.0. The van der Waals surface area contributed by atoms with Gasteiger partial charge in [-0.3, -0.25) is 0 Å². The Morgan fingerprint density at radius 2 is 0.660 bits per heavy atom. The minimum absolute atomic E-state index is 0.193. The van der Waals surface area contributed by atoms with Gasteiger partial charge in [-0.25, -0.2) is 0 Å². The quantitative estimate of drug-likeness (QED) is 0.0337. The Bertz CT molecular complexity index is 612. The van der Waals surface area contributed by atoms with Crippen LogP contribution >= 0.6 is 82.5 Å². The van der Waals surface area contributed by atoms with Gasteiger partial charge in [0, 0.05) is 100 Å². The zero-order chi connectivity index (χ0) is 35.1. The van der Waals surface area contributed by atoms with Crippen LogP contribution in [-0.2, 0) is 39.8 Å². The first-order chi connectivity index (χ1) is 22.9. The van der Waals surface area contributed by atoms with Gasteiger partial charge >= 0.3 is 26.4 Å². The van der Waals surface area contributed by atoms with E-state index in [0.717, 1.165) is 47.9 Å². The Morgan fingerprint density at radius 1 is 0.383 bits per heavy atom. The maximum Gasteiger partial charge on any atom is 0.505 e. The molecule has 0 aliphatic carbocycles. The molecule has 0 N–H and O–H groups in total. The molecule has 0 atom stereocenters. The van der Waals surface area contributed by atoms with Gasteiger partial charge < -0.3 is 39.8 Å². The Labute approximate surface area is 321 Å². The maximum absolute atomic E-state index is 6.34. The van der Waals surface area contributed by atoms with Gasteiger partial charge in [-0.2, -0.15) is 0 Å². The summed E-state index contributed by atoms with van der Waals surface area (Å²) in [6.45, 7) is 23.6. The van der Waals surface area contributed by atoms with Gasteiger partial charge in [-0.15, -0.1) is 0 Å². The van der Waals surface area contributed by atoms with E-state index in [1.54, 1.807) is 0 Å². The molecule has 0 aromatic carbocycles. The molecule has 9 nitrogen and oxygen atoms in total. The molecule has 0 unspecified atom stereocenters. The van der Waals surface area contributed by atoms with E-state index in [1.807, 2.05) is 145 Å². The fourth-order valence-corrected chi connectivity index (χ4v) is 27.6. The normalized spacial score (nSPS) is 12.9. The molecule has 284 valence electrons. The minimum atomic E-state index is -2.85. The van der Waals surface area contributed by atoms with Crippen molar-refractivity contribution in [2.24, 2.45) is 0 Å². The standard InChI is InChI=1S/C27H62O9S8Si3/c1-10-28-45(29-11-2,30-12-3)23-19-21-37-41-43-39-25-27(47(34-16-7,35-17-8)36-18-9)26-40-44-42-38-22-20-24-46(31-13-4,32-14-5)33-15-6/h27H,10-26H2,1-9H3. The van der Waals surface area contributed by atoms with Crippen molar-refractivity contribution < 1.29 is 39.8 Å². The smallest absolute Gasteiger partial charge is 0.374 e. The molecule has 0 rings (SSSR count). The average Bonchev–Trinajstić information content (AvgIpc) is 3.03. The fourth-order valence-electron chi connectivity index (χ4n) is 4.40. The zero-order valence-corrected chi connectivity index (χ0v) is 39.6. The monoisotopic (exact) mass is 870 g/mol. The topological polar surface area (TPSA) is 83.1 Å². The highest BCUT2D eigenvalue weighted by Gasteiger charge is 2.49. The molecule has 0 aliphatic heterocycles. The first-order valence-electron chi connectivity index (χ1n) is 16.8. The number of rotatable bonds is 37. The van der Waals surface area contributed by atoms with E-state index in [0.29, 0.717) is 59.5 Å². The summed E-state index contributed by atoms with van der Waals surface area (Å²) in [5, 5.41) is 0. The molecule has 20 heteroatoms. The predicted octanol–water partition coefficient (Wildman–Crippen LogP) is 10.6. The second-order valence-electron chi connectivity index (χ2n) is 9.26. The lowest BCUT2D eigenvalue weighted by Gasteiger charge is -2.34. The summed E-state index contributed by atoms with van der Waals surface area (Å²) < 4.78 is 55.0. The van der Waals surface area contributed by atoms with Crippen LogP contribution in [0.15, 0.2) is 0 Å². The highest BCUT2D eigenvalue weighted by Crippen LogP contribution is 2.49. The van der Waals surface area contributed by atoms with Crippen molar-refractivity contribution >= 4 is 109 Å². The third-order valence-electron chi connectivity index (χ3n) is 5.93. The van der Waals surface area contributed by atoms with E-state index in [-0.39, 0.29) is 5.54 Å². The SMILES string of the molecule is CCO[Si](CCCSSSSCC(CSSSSCCC[Si](OCC)(OCC)OCC)[Si](OCC)(OCC)OCC)(OCC)OCC. The summed E-state index contributed by atoms with van der Waals surface area (Å²) >= 11 is 0. The van der Waals surface area contributed by atoms with Crippen molar-refractivity contribution in [1.82, 2.24) is 0 Å². The van der Waals surface area contributed by atoms with Crippen molar-refractivity contribution in [3.8, 4) is 0 Å². The predicted molar refractivity (Wildman–Crippen MR) is 225 cm³/mol. The third kappa shape index (κ3) is 22.8. The lowest BCUT2D eigenvalue weighted by Crippen LogP contribution is -2.52. The molecule has 0 radical (unpaired) electrons. The van der Waals surface area contributed by atoms with Gasteiger partial charge in [0.2, 0.25) is 0 Å². The van der Waals surface area contributed by atoms with Crippen LogP contribution in [0.2, 0.25) is 17.6 Å². The lowest BCUT2D eigenvalue weighted by molar-refractivity contribution is 0.0649. The van der Waals surface area contributed by atoms with Gasteiger partial charge in [-0.1, -0.05) is 43.2 Å². The molecule has 47 heavy (non-hydrogen) atoms. The molecule has 0 bridgehead atoms. The van der Waals surface area contributed by atoms with E-state index >= 15 is 0 Å². The first kappa shape index (κ1) is 50.1. The molecule has 0 amide bonds. The molecule has 0 aromatic heterocycles. The molecule has 0 saturated carbocycles. The average molecular weight is 872 g/mol. The summed E-state index contributed by atoms with van der Waals surface area (Å²) in [6.07, 6.45) is 2.01. The van der Waals surface area contributed by atoms with Crippen LogP contribution in [0.5, 0.6) is 0 Å². The van der Waals surface area contributed by atoms with Crippen molar-refractivity contribution in [3.05, 3.63) is 0 Å². The van der Waals surface area contributed by atoms with Gasteiger partial charge in [-0.05, 0) is 114 Å². The summed E-state index contributed by atoms with van der Waals surface area (Å²) in [5.74, 6) is 3.85. The van der Waals surface area contributed by atoms with Crippen LogP contribution < -0.4 is 0 Å². The largest absolute Gasteiger partial charge is 0.505 e. The summed E-state index contributed by atoms with van der Waals surface area (Å²) in [5.41, 5.74) is 0.193. The highest BCUT2D eigenvalue weighted by molar-refractivity contribution is 9.26. The molecular weight excluding hydrogens is 809 g/mol. The van der Waals surface area contributed by atoms with E-state index in [9.17, 15) is 0 Å². The van der Waals surface area contributed by atoms with E-state index < -0.39 is 26.4 Å². The van der Waals surface area contributed by atoms with Crippen LogP contribution in [0, 0.1) is 0 Å². The van der Waals surface area contributed by atoms with Crippen LogP contribution in [0.4, 0.5) is 0 Å². The van der Waals surface area contributed by atoms with Crippen LogP contribution in [0.3, 0.4) is 0 Å². The van der Waals surface area contributed by atoms with Crippen molar-refractivity contribution in [1.29, 1.82) is 0 Å². The second kappa shape index (κ2) is 33.6. The third-order valence-corrected chi connectivity index (χ3v) is 29.6. The molecule has 0 aliphatic rings. The van der Waals surface area contributed by atoms with Crippen molar-refractivity contribution in [2.45, 2.75) is 92.8 Å². The van der Waals surface area contributed by atoms with Crippen LogP contribution in [0.1, 0.15) is 75.2 Å². The fraction of sp³-hybridized carbons (Fsp3) is 1.00. The Kier molecular flexibility index (Phi) is 35.9. The van der Waals surface area contributed by atoms with Gasteiger partial charge in [0.15, 0.2) is 0 Å². The van der Waals surface area contributed by atoms with Crippen LogP contribution in [-0.4, -0.2) is 109 Å². The van der Waals surface area contributed by atoms with E-state index in [2.05, 4.69) is 0 Å². The molecule has 0 saturated heterocycles. The Morgan fingerprint density at radius 3 is 0.936 bits per heavy atom. The Hall–Kier alpha value is 3.09. The molecule has 0 spiro atoms. The van der Waals surface area contributed by atoms with Crippen LogP contribution in [0.25, 0.3) is 0 Å². The summed E-state index contributed by atoms with van der Waals surface area (Å²) in [6, 6.07) is 1.70. The minimum Gasteiger partial charge on any atom is -0.374 e. The van der Waals surface area contributed by atoms with Gasteiger partial charge in [0.25, 0.3) is 0 Å². The highest BCUT2D eigenvalue weighted by atomic mass is 33.7. The summed E-state index contributed by atoms with van der Waals surface area (Å²) in [7, 11) is 6.79. The van der Waals surface area contributed by atoms with E-state index in [4.69, 9.17) is 39.8 Å². The van der Waals surface area contributed by atoms with E-state index in [1.165, 1.54) is 0 Å². The molecule has 0 heterocycles. The number of hydrogen-bond donors (Lipinski definition) is 0. The molecular formula is C27H62O9S8Si3. The van der Waals surface area contributed by atoms with Gasteiger partial charge in [0.05, 0.1) is 0 Å². The van der Waals surface area contributed by atoms with Crippen molar-refractivity contribution in [3.63, 3.8) is 0 Å². The maximum atomic E-state index is 6.34. The van der Waals surface area contributed by atoms with Crippen molar-refractivity contribution in [2.75, 3.05) is 82.5 Å².